The Kier molecular flexibility index (Phi) is 6.78. The van der Waals surface area contributed by atoms with E-state index in [9.17, 15) is 4.79 Å². The fraction of sp³-hybridized carbons (Fsp3) is 0.391. The van der Waals surface area contributed by atoms with Crippen LogP contribution in [0, 0.1) is 0 Å². The summed E-state index contributed by atoms with van der Waals surface area (Å²) in [6, 6.07) is 9.32. The molecule has 1 atom stereocenters. The smallest absolute Gasteiger partial charge is 0.275 e. The lowest BCUT2D eigenvalue weighted by Gasteiger charge is -2.47. The molecule has 0 saturated heterocycles. The predicted octanol–water partition coefficient (Wildman–Crippen LogP) is 5.99. The van der Waals surface area contributed by atoms with Crippen molar-refractivity contribution in [3.63, 3.8) is 0 Å². The third kappa shape index (κ3) is 4.49. The summed E-state index contributed by atoms with van der Waals surface area (Å²) in [5, 5.41) is 4.74. The van der Waals surface area contributed by atoms with Gasteiger partial charge in [0.2, 0.25) is 0 Å². The molecule has 1 amide bonds. The van der Waals surface area contributed by atoms with Gasteiger partial charge in [0.1, 0.15) is 5.75 Å². The molecular formula is C23H27BrClN3O2. The standard InChI is InChI=1S/C23H27BrClN3O2/c1-6-28-20-11-19(25)15(9-17(20)14(2)12-23(28,3)4)13-26-27-22(29)18-10-16(24)7-8-21(18)30-5/h7-11,13-14H,6,12H2,1-5H3,(H,27,29)/b26-13-. The van der Waals surface area contributed by atoms with Gasteiger partial charge in [-0.15, -0.1) is 0 Å². The SMILES string of the molecule is CCN1c2cc(Cl)c(/C=N\NC(=O)c3cc(Br)ccc3OC)cc2C(C)CC1(C)C. The van der Waals surface area contributed by atoms with Gasteiger partial charge in [-0.25, -0.2) is 5.43 Å². The maximum Gasteiger partial charge on any atom is 0.275 e. The minimum atomic E-state index is -0.356. The first-order chi connectivity index (χ1) is 14.2. The Hall–Kier alpha value is -2.05. The van der Waals surface area contributed by atoms with Crippen molar-refractivity contribution >= 4 is 45.3 Å². The molecule has 3 rings (SSSR count). The number of carbonyl (C=O) groups excluding carboxylic acids is 1. The molecule has 7 heteroatoms. The van der Waals surface area contributed by atoms with Gasteiger partial charge in [0.05, 0.1) is 23.9 Å². The second-order valence-electron chi connectivity index (χ2n) is 8.14. The third-order valence-electron chi connectivity index (χ3n) is 5.60. The van der Waals surface area contributed by atoms with E-state index in [1.54, 1.807) is 18.3 Å². The number of hydrazone groups is 1. The number of rotatable bonds is 5. The molecular weight excluding hydrogens is 466 g/mol. The van der Waals surface area contributed by atoms with Gasteiger partial charge >= 0.3 is 0 Å². The Morgan fingerprint density at radius 2 is 2.13 bits per heavy atom. The molecule has 0 aliphatic carbocycles. The number of methoxy groups -OCH3 is 1. The van der Waals surface area contributed by atoms with Crippen molar-refractivity contribution < 1.29 is 9.53 Å². The summed E-state index contributed by atoms with van der Waals surface area (Å²) in [6.45, 7) is 9.86. The van der Waals surface area contributed by atoms with Gasteiger partial charge in [-0.2, -0.15) is 5.10 Å². The third-order valence-corrected chi connectivity index (χ3v) is 6.42. The van der Waals surface area contributed by atoms with Crippen molar-refractivity contribution in [3.8, 4) is 5.75 Å². The summed E-state index contributed by atoms with van der Waals surface area (Å²) in [7, 11) is 1.53. The normalized spacial score (nSPS) is 17.7. The monoisotopic (exact) mass is 491 g/mol. The van der Waals surface area contributed by atoms with E-state index in [0.29, 0.717) is 22.3 Å². The number of fused-ring (bicyclic) bond motifs is 1. The van der Waals surface area contributed by atoms with Crippen LogP contribution in [0.25, 0.3) is 0 Å². The number of amides is 1. The lowest BCUT2D eigenvalue weighted by molar-refractivity contribution is 0.0952. The highest BCUT2D eigenvalue weighted by molar-refractivity contribution is 9.10. The molecule has 0 aromatic heterocycles. The maximum atomic E-state index is 12.5. The van der Waals surface area contributed by atoms with Crippen LogP contribution in [0.3, 0.4) is 0 Å². The fourth-order valence-corrected chi connectivity index (χ4v) is 4.86. The number of nitrogens with one attached hydrogen (secondary N) is 1. The molecule has 1 aliphatic heterocycles. The first-order valence-corrected chi connectivity index (χ1v) is 11.1. The molecule has 2 aromatic rings. The van der Waals surface area contributed by atoms with Crippen LogP contribution >= 0.6 is 27.5 Å². The number of carbonyl (C=O) groups is 1. The zero-order valence-corrected chi connectivity index (χ0v) is 20.3. The van der Waals surface area contributed by atoms with Crippen molar-refractivity contribution in [2.24, 2.45) is 5.10 Å². The summed E-state index contributed by atoms with van der Waals surface area (Å²) >= 11 is 9.94. The summed E-state index contributed by atoms with van der Waals surface area (Å²) < 4.78 is 6.04. The average Bonchev–Trinajstić information content (AvgIpc) is 2.68. The second-order valence-corrected chi connectivity index (χ2v) is 9.46. The molecule has 0 saturated carbocycles. The van der Waals surface area contributed by atoms with Crippen LogP contribution in [0.15, 0.2) is 39.9 Å². The highest BCUT2D eigenvalue weighted by atomic mass is 79.9. The number of benzene rings is 2. The van der Waals surface area contributed by atoms with Crippen LogP contribution in [0.1, 0.15) is 61.5 Å². The molecule has 0 radical (unpaired) electrons. The zero-order chi connectivity index (χ0) is 22.1. The quantitative estimate of drug-likeness (QED) is 0.412. The molecule has 0 spiro atoms. The van der Waals surface area contributed by atoms with E-state index < -0.39 is 0 Å². The molecule has 1 N–H and O–H groups in total. The molecule has 0 bridgehead atoms. The van der Waals surface area contributed by atoms with Crippen molar-refractivity contribution in [3.05, 3.63) is 56.5 Å². The van der Waals surface area contributed by atoms with Crippen molar-refractivity contribution in [2.75, 3.05) is 18.6 Å². The molecule has 1 unspecified atom stereocenters. The van der Waals surface area contributed by atoms with Gasteiger partial charge in [-0.3, -0.25) is 4.79 Å². The van der Waals surface area contributed by atoms with E-state index in [1.807, 2.05) is 12.1 Å². The largest absolute Gasteiger partial charge is 0.496 e. The Morgan fingerprint density at radius 3 is 2.80 bits per heavy atom. The predicted molar refractivity (Wildman–Crippen MR) is 127 cm³/mol. The average molecular weight is 493 g/mol. The molecule has 5 nitrogen and oxygen atoms in total. The highest BCUT2D eigenvalue weighted by Crippen LogP contribution is 2.44. The van der Waals surface area contributed by atoms with E-state index >= 15 is 0 Å². The molecule has 160 valence electrons. The van der Waals surface area contributed by atoms with Crippen LogP contribution < -0.4 is 15.1 Å². The fourth-order valence-electron chi connectivity index (χ4n) is 4.30. The summed E-state index contributed by atoms with van der Waals surface area (Å²) in [5.74, 6) is 0.530. The van der Waals surface area contributed by atoms with Gasteiger partial charge in [-0.05, 0) is 69.0 Å². The molecule has 30 heavy (non-hydrogen) atoms. The number of ether oxygens (including phenoxy) is 1. The van der Waals surface area contributed by atoms with E-state index in [2.05, 4.69) is 65.1 Å². The Labute approximate surface area is 191 Å². The van der Waals surface area contributed by atoms with Gasteiger partial charge in [0, 0.05) is 27.8 Å². The van der Waals surface area contributed by atoms with Crippen molar-refractivity contribution in [1.29, 1.82) is 0 Å². The lowest BCUT2D eigenvalue weighted by atomic mass is 9.79. The topological polar surface area (TPSA) is 53.9 Å². The van der Waals surface area contributed by atoms with Crippen LogP contribution in [0.4, 0.5) is 5.69 Å². The second kappa shape index (κ2) is 8.98. The van der Waals surface area contributed by atoms with Gasteiger partial charge in [0.15, 0.2) is 0 Å². The molecule has 2 aromatic carbocycles. The van der Waals surface area contributed by atoms with Crippen LogP contribution in [0.5, 0.6) is 5.75 Å². The molecule has 1 aliphatic rings. The first-order valence-electron chi connectivity index (χ1n) is 9.96. The number of halogens is 2. The first kappa shape index (κ1) is 22.6. The van der Waals surface area contributed by atoms with Crippen LogP contribution in [-0.2, 0) is 0 Å². The summed E-state index contributed by atoms with van der Waals surface area (Å²) in [5.41, 5.74) is 6.24. The highest BCUT2D eigenvalue weighted by Gasteiger charge is 2.35. The van der Waals surface area contributed by atoms with E-state index in [-0.39, 0.29) is 11.4 Å². The number of hydrogen-bond donors (Lipinski definition) is 1. The van der Waals surface area contributed by atoms with E-state index in [1.165, 1.54) is 18.4 Å². The Balaban J connectivity index is 1.85. The molecule has 1 heterocycles. The van der Waals surface area contributed by atoms with Crippen molar-refractivity contribution in [1.82, 2.24) is 5.43 Å². The number of anilines is 1. The Bertz CT molecular complexity index is 991. The summed E-state index contributed by atoms with van der Waals surface area (Å²) in [4.78, 5) is 14.9. The number of nitrogens with zero attached hydrogens (tertiary/aromatic N) is 2. The Morgan fingerprint density at radius 1 is 1.40 bits per heavy atom. The zero-order valence-electron chi connectivity index (χ0n) is 17.9. The minimum absolute atomic E-state index is 0.0804. The lowest BCUT2D eigenvalue weighted by Crippen LogP contribution is -2.48. The van der Waals surface area contributed by atoms with Gasteiger partial charge in [0.25, 0.3) is 5.91 Å². The molecule has 0 fully saturated rings. The van der Waals surface area contributed by atoms with Gasteiger partial charge < -0.3 is 9.64 Å². The van der Waals surface area contributed by atoms with E-state index in [4.69, 9.17) is 16.3 Å². The number of hydrogen-bond acceptors (Lipinski definition) is 4. The summed E-state index contributed by atoms with van der Waals surface area (Å²) in [6.07, 6.45) is 2.65. The van der Waals surface area contributed by atoms with Gasteiger partial charge in [-0.1, -0.05) is 34.5 Å². The van der Waals surface area contributed by atoms with Crippen LogP contribution in [-0.4, -0.2) is 31.3 Å². The van der Waals surface area contributed by atoms with E-state index in [0.717, 1.165) is 23.0 Å². The maximum absolute atomic E-state index is 12.5. The van der Waals surface area contributed by atoms with Crippen LogP contribution in [0.2, 0.25) is 5.02 Å². The minimum Gasteiger partial charge on any atom is -0.496 e. The van der Waals surface area contributed by atoms with Crippen molar-refractivity contribution in [2.45, 2.75) is 45.6 Å².